The van der Waals surface area contributed by atoms with Crippen LogP contribution in [0.3, 0.4) is 0 Å². The van der Waals surface area contributed by atoms with Crippen molar-refractivity contribution in [3.05, 3.63) is 17.5 Å². The lowest BCUT2D eigenvalue weighted by Crippen LogP contribution is -2.42. The van der Waals surface area contributed by atoms with Crippen LogP contribution in [0.4, 0.5) is 0 Å². The van der Waals surface area contributed by atoms with Crippen molar-refractivity contribution >= 4 is 0 Å². The van der Waals surface area contributed by atoms with Crippen LogP contribution in [0.2, 0.25) is 0 Å². The molecule has 3 nitrogen and oxygen atoms in total. The Morgan fingerprint density at radius 2 is 2.06 bits per heavy atom. The maximum absolute atomic E-state index is 4.06. The van der Waals surface area contributed by atoms with Gasteiger partial charge in [0.25, 0.3) is 0 Å². The molecular weight excluding hydrogens is 198 g/mol. The van der Waals surface area contributed by atoms with Crippen molar-refractivity contribution in [2.24, 2.45) is 11.8 Å². The van der Waals surface area contributed by atoms with E-state index >= 15 is 0 Å². The van der Waals surface area contributed by atoms with Crippen molar-refractivity contribution in [2.75, 3.05) is 0 Å². The van der Waals surface area contributed by atoms with Gasteiger partial charge >= 0.3 is 0 Å². The van der Waals surface area contributed by atoms with Crippen LogP contribution in [-0.4, -0.2) is 16.2 Å². The lowest BCUT2D eigenvalue weighted by atomic mass is 9.78. The molecular formula is C13H23N3. The summed E-state index contributed by atoms with van der Waals surface area (Å²) >= 11 is 0. The summed E-state index contributed by atoms with van der Waals surface area (Å²) in [6.07, 6.45) is 6.06. The second kappa shape index (κ2) is 5.00. The summed E-state index contributed by atoms with van der Waals surface area (Å²) in [7, 11) is 0. The van der Waals surface area contributed by atoms with Crippen molar-refractivity contribution < 1.29 is 0 Å². The molecule has 2 atom stereocenters. The monoisotopic (exact) mass is 221 g/mol. The van der Waals surface area contributed by atoms with E-state index < -0.39 is 0 Å². The van der Waals surface area contributed by atoms with Crippen LogP contribution < -0.4 is 5.32 Å². The third kappa shape index (κ3) is 2.46. The summed E-state index contributed by atoms with van der Waals surface area (Å²) in [4.78, 5) is 0. The van der Waals surface area contributed by atoms with Gasteiger partial charge in [0, 0.05) is 23.8 Å². The molecule has 0 radical (unpaired) electrons. The van der Waals surface area contributed by atoms with Gasteiger partial charge in [-0.25, -0.2) is 0 Å². The minimum absolute atomic E-state index is 0.669. The molecule has 0 aromatic carbocycles. The van der Waals surface area contributed by atoms with Crippen LogP contribution in [0, 0.1) is 18.8 Å². The summed E-state index contributed by atoms with van der Waals surface area (Å²) in [6, 6.07) is 0.669. The Kier molecular flexibility index (Phi) is 3.64. The molecule has 2 N–H and O–H groups in total. The van der Waals surface area contributed by atoms with E-state index in [-0.39, 0.29) is 0 Å². The number of aryl methyl sites for hydroxylation is 1. The molecule has 1 aromatic rings. The molecule has 1 saturated carbocycles. The Hall–Kier alpha value is -0.830. The smallest absolute Gasteiger partial charge is 0.0535 e. The van der Waals surface area contributed by atoms with E-state index in [2.05, 4.69) is 36.3 Å². The van der Waals surface area contributed by atoms with Crippen molar-refractivity contribution in [1.29, 1.82) is 0 Å². The number of hydrogen-bond acceptors (Lipinski definition) is 2. The summed E-state index contributed by atoms with van der Waals surface area (Å²) in [6.45, 7) is 7.77. The highest BCUT2D eigenvalue weighted by Gasteiger charge is 2.27. The fraction of sp³-hybridized carbons (Fsp3) is 0.769. The molecule has 1 aliphatic rings. The number of nitrogens with one attached hydrogen (secondary N) is 2. The van der Waals surface area contributed by atoms with Crippen molar-refractivity contribution in [3.63, 3.8) is 0 Å². The van der Waals surface area contributed by atoms with E-state index in [1.807, 2.05) is 6.20 Å². The molecule has 0 amide bonds. The second-order valence-electron chi connectivity index (χ2n) is 5.31. The van der Waals surface area contributed by atoms with Crippen LogP contribution in [0.1, 0.15) is 44.4 Å². The molecule has 0 aliphatic heterocycles. The Balaban J connectivity index is 1.91. The van der Waals surface area contributed by atoms with Gasteiger partial charge in [0.05, 0.1) is 6.20 Å². The van der Waals surface area contributed by atoms with E-state index in [0.717, 1.165) is 18.4 Å². The molecule has 1 heterocycles. The minimum Gasteiger partial charge on any atom is -0.309 e. The summed E-state index contributed by atoms with van der Waals surface area (Å²) < 4.78 is 0. The molecule has 2 rings (SSSR count). The zero-order valence-corrected chi connectivity index (χ0v) is 10.6. The number of aromatic amines is 1. The van der Waals surface area contributed by atoms with Crippen LogP contribution >= 0.6 is 0 Å². The van der Waals surface area contributed by atoms with Crippen molar-refractivity contribution in [2.45, 2.75) is 52.6 Å². The quantitative estimate of drug-likeness (QED) is 0.823. The topological polar surface area (TPSA) is 40.7 Å². The van der Waals surface area contributed by atoms with Crippen LogP contribution in [0.5, 0.6) is 0 Å². The number of hydrogen-bond donors (Lipinski definition) is 2. The number of rotatable bonds is 3. The summed E-state index contributed by atoms with van der Waals surface area (Å²) in [5.74, 6) is 1.60. The molecule has 1 fully saturated rings. The maximum Gasteiger partial charge on any atom is 0.0535 e. The molecule has 3 heteroatoms. The lowest BCUT2D eigenvalue weighted by Gasteiger charge is -2.35. The zero-order valence-electron chi connectivity index (χ0n) is 10.6. The second-order valence-corrected chi connectivity index (χ2v) is 5.31. The number of nitrogens with zero attached hydrogens (tertiary/aromatic N) is 1. The number of H-pyrrole nitrogens is 1. The van der Waals surface area contributed by atoms with Gasteiger partial charge < -0.3 is 5.32 Å². The van der Waals surface area contributed by atoms with Gasteiger partial charge in [0.2, 0.25) is 0 Å². The first-order chi connectivity index (χ1) is 7.68. The van der Waals surface area contributed by atoms with Gasteiger partial charge in [0.1, 0.15) is 0 Å². The minimum atomic E-state index is 0.669. The van der Waals surface area contributed by atoms with Gasteiger partial charge in [-0.05, 0) is 31.6 Å². The molecule has 90 valence electrons. The average Bonchev–Trinajstić information content (AvgIpc) is 2.64. The largest absolute Gasteiger partial charge is 0.309 e. The predicted molar refractivity (Wildman–Crippen MR) is 66.1 cm³/mol. The zero-order chi connectivity index (χ0) is 11.5. The third-order valence-electron chi connectivity index (χ3n) is 4.01. The van der Waals surface area contributed by atoms with Gasteiger partial charge in [-0.15, -0.1) is 0 Å². The molecule has 2 unspecified atom stereocenters. The highest BCUT2D eigenvalue weighted by molar-refractivity contribution is 5.14. The Morgan fingerprint density at radius 3 is 2.62 bits per heavy atom. The first-order valence-electron chi connectivity index (χ1n) is 6.40. The fourth-order valence-corrected chi connectivity index (χ4v) is 2.87. The lowest BCUT2D eigenvalue weighted by molar-refractivity contribution is 0.207. The predicted octanol–water partition coefficient (Wildman–Crippen LogP) is 2.63. The Bertz CT molecular complexity index is 322. The molecule has 0 saturated heterocycles. The molecule has 1 aliphatic carbocycles. The highest BCUT2D eigenvalue weighted by atomic mass is 15.1. The van der Waals surface area contributed by atoms with E-state index in [4.69, 9.17) is 0 Å². The van der Waals surface area contributed by atoms with Gasteiger partial charge in [-0.1, -0.05) is 20.3 Å². The summed E-state index contributed by atoms with van der Waals surface area (Å²) in [5.41, 5.74) is 2.48. The molecule has 0 bridgehead atoms. The summed E-state index contributed by atoms with van der Waals surface area (Å²) in [5, 5.41) is 10.8. The van der Waals surface area contributed by atoms with Gasteiger partial charge in [0.15, 0.2) is 0 Å². The number of aromatic nitrogens is 2. The Morgan fingerprint density at radius 1 is 1.38 bits per heavy atom. The fourth-order valence-electron chi connectivity index (χ4n) is 2.87. The first kappa shape index (κ1) is 11.6. The van der Waals surface area contributed by atoms with E-state index in [1.54, 1.807) is 0 Å². The molecule has 0 spiro atoms. The average molecular weight is 221 g/mol. The standard InChI is InChI=1S/C13H23N3/c1-9-5-4-6-10(2)13(9)14-7-12-8-15-16-11(12)3/h8-10,13-14H,4-7H2,1-3H3,(H,15,16). The van der Waals surface area contributed by atoms with E-state index in [1.165, 1.54) is 30.5 Å². The van der Waals surface area contributed by atoms with Crippen LogP contribution in [0.15, 0.2) is 6.20 Å². The maximum atomic E-state index is 4.06. The molecule has 16 heavy (non-hydrogen) atoms. The SMILES string of the molecule is Cc1[nH]ncc1CNC1C(C)CCCC1C. The first-order valence-corrected chi connectivity index (χ1v) is 6.40. The van der Waals surface area contributed by atoms with Gasteiger partial charge in [-0.3, -0.25) is 5.10 Å². The van der Waals surface area contributed by atoms with E-state index in [9.17, 15) is 0 Å². The normalized spacial score (nSPS) is 30.6. The van der Waals surface area contributed by atoms with Crippen LogP contribution in [0.25, 0.3) is 0 Å². The Labute approximate surface area is 98.0 Å². The van der Waals surface area contributed by atoms with Crippen molar-refractivity contribution in [3.8, 4) is 0 Å². The third-order valence-corrected chi connectivity index (χ3v) is 4.01. The van der Waals surface area contributed by atoms with Crippen molar-refractivity contribution in [1.82, 2.24) is 15.5 Å². The van der Waals surface area contributed by atoms with Crippen LogP contribution in [-0.2, 0) is 6.54 Å². The highest BCUT2D eigenvalue weighted by Crippen LogP contribution is 2.29. The molecule has 1 aromatic heterocycles. The van der Waals surface area contributed by atoms with E-state index in [0.29, 0.717) is 6.04 Å². The van der Waals surface area contributed by atoms with Gasteiger partial charge in [-0.2, -0.15) is 5.10 Å².